The van der Waals surface area contributed by atoms with E-state index in [1.807, 2.05) is 6.92 Å². The van der Waals surface area contributed by atoms with Gasteiger partial charge in [0, 0.05) is 0 Å². The number of rotatable bonds is 0. The highest BCUT2D eigenvalue weighted by atomic mass is 32.1. The van der Waals surface area contributed by atoms with Gasteiger partial charge in [-0.15, -0.1) is 11.3 Å². The topological polar surface area (TPSA) is 33.1 Å². The van der Waals surface area contributed by atoms with Gasteiger partial charge in [0.2, 0.25) is 0 Å². The van der Waals surface area contributed by atoms with Crippen LogP contribution in [0.5, 0.6) is 0 Å². The average molecular weight is 169 g/mol. The van der Waals surface area contributed by atoms with Gasteiger partial charge in [-0.3, -0.25) is 0 Å². The summed E-state index contributed by atoms with van der Waals surface area (Å²) in [4.78, 5) is 5.47. The van der Waals surface area contributed by atoms with Crippen molar-refractivity contribution in [1.82, 2.24) is 4.98 Å². The molecule has 1 N–H and O–H groups in total. The minimum absolute atomic E-state index is 0.232. The van der Waals surface area contributed by atoms with Crippen molar-refractivity contribution < 1.29 is 5.11 Å². The molecule has 1 aliphatic carbocycles. The van der Waals surface area contributed by atoms with Crippen LogP contribution in [-0.2, 0) is 6.42 Å². The van der Waals surface area contributed by atoms with E-state index in [0.29, 0.717) is 0 Å². The van der Waals surface area contributed by atoms with Crippen LogP contribution in [0.2, 0.25) is 0 Å². The molecular weight excluding hydrogens is 158 g/mol. The second kappa shape index (κ2) is 2.57. The van der Waals surface area contributed by atoms with E-state index in [4.69, 9.17) is 0 Å². The normalized spacial score (nSPS) is 23.3. The summed E-state index contributed by atoms with van der Waals surface area (Å²) >= 11 is 1.64. The van der Waals surface area contributed by atoms with Crippen LogP contribution >= 0.6 is 11.3 Å². The van der Waals surface area contributed by atoms with E-state index >= 15 is 0 Å². The lowest BCUT2D eigenvalue weighted by Crippen LogP contribution is -2.06. The van der Waals surface area contributed by atoms with Crippen molar-refractivity contribution in [3.63, 3.8) is 0 Å². The summed E-state index contributed by atoms with van der Waals surface area (Å²) in [5, 5.41) is 10.6. The molecule has 1 aromatic heterocycles. The van der Waals surface area contributed by atoms with Gasteiger partial charge in [0.05, 0.1) is 21.7 Å². The third kappa shape index (κ3) is 1.19. The van der Waals surface area contributed by atoms with Crippen LogP contribution in [0.15, 0.2) is 0 Å². The van der Waals surface area contributed by atoms with E-state index in [1.54, 1.807) is 11.3 Å². The van der Waals surface area contributed by atoms with Gasteiger partial charge in [0.15, 0.2) is 0 Å². The maximum atomic E-state index is 9.55. The molecule has 1 heterocycles. The molecule has 3 heteroatoms. The standard InChI is InChI=1S/C8H11NOS/c1-5-9-6-3-2-4-7(10)8(6)11-5/h7,10H,2-4H2,1H3/t7-/m1/s1. The molecule has 2 rings (SSSR count). The summed E-state index contributed by atoms with van der Waals surface area (Å²) in [6.07, 6.45) is 2.81. The quantitative estimate of drug-likeness (QED) is 0.642. The maximum absolute atomic E-state index is 9.55. The highest BCUT2D eigenvalue weighted by molar-refractivity contribution is 7.11. The van der Waals surface area contributed by atoms with Gasteiger partial charge in [-0.1, -0.05) is 0 Å². The molecule has 2 nitrogen and oxygen atoms in total. The lowest BCUT2D eigenvalue weighted by Gasteiger charge is -2.14. The molecule has 1 atom stereocenters. The molecule has 0 radical (unpaired) electrons. The summed E-state index contributed by atoms with van der Waals surface area (Å²) in [7, 11) is 0. The fourth-order valence-corrected chi connectivity index (χ4v) is 2.51. The third-order valence-corrected chi connectivity index (χ3v) is 3.14. The first-order chi connectivity index (χ1) is 5.27. The van der Waals surface area contributed by atoms with Crippen LogP contribution in [-0.4, -0.2) is 10.1 Å². The van der Waals surface area contributed by atoms with Gasteiger partial charge in [-0.25, -0.2) is 4.98 Å². The number of aliphatic hydroxyl groups is 1. The van der Waals surface area contributed by atoms with Crippen LogP contribution in [0.4, 0.5) is 0 Å². The number of aromatic nitrogens is 1. The van der Waals surface area contributed by atoms with Crippen molar-refractivity contribution in [2.75, 3.05) is 0 Å². The summed E-state index contributed by atoms with van der Waals surface area (Å²) in [5.74, 6) is 0. The molecule has 0 aromatic carbocycles. The Bertz CT molecular complexity index is 269. The summed E-state index contributed by atoms with van der Waals surface area (Å²) in [6, 6.07) is 0. The molecule has 60 valence electrons. The molecule has 1 aliphatic rings. The minimum Gasteiger partial charge on any atom is -0.388 e. The number of aliphatic hydroxyl groups excluding tert-OH is 1. The molecule has 0 saturated carbocycles. The van der Waals surface area contributed by atoms with E-state index in [1.165, 1.54) is 0 Å². The van der Waals surface area contributed by atoms with E-state index in [2.05, 4.69) is 4.98 Å². The molecule has 0 aliphatic heterocycles. The highest BCUT2D eigenvalue weighted by Crippen LogP contribution is 2.33. The molecule has 0 unspecified atom stereocenters. The Morgan fingerprint density at radius 1 is 1.64 bits per heavy atom. The number of fused-ring (bicyclic) bond motifs is 1. The predicted molar refractivity (Wildman–Crippen MR) is 44.7 cm³/mol. The fourth-order valence-electron chi connectivity index (χ4n) is 1.52. The van der Waals surface area contributed by atoms with Gasteiger partial charge in [-0.2, -0.15) is 0 Å². The van der Waals surface area contributed by atoms with Gasteiger partial charge >= 0.3 is 0 Å². The Balaban J connectivity index is 2.43. The molecule has 0 spiro atoms. The zero-order valence-corrected chi connectivity index (χ0v) is 7.32. The summed E-state index contributed by atoms with van der Waals surface area (Å²) in [6.45, 7) is 2.00. The molecule has 0 amide bonds. The minimum atomic E-state index is -0.232. The zero-order chi connectivity index (χ0) is 7.84. The van der Waals surface area contributed by atoms with Gasteiger partial charge < -0.3 is 5.11 Å². The van der Waals surface area contributed by atoms with Crippen LogP contribution < -0.4 is 0 Å². The number of hydrogen-bond acceptors (Lipinski definition) is 3. The van der Waals surface area contributed by atoms with E-state index in [9.17, 15) is 5.11 Å². The summed E-state index contributed by atoms with van der Waals surface area (Å²) < 4.78 is 0. The van der Waals surface area contributed by atoms with Crippen molar-refractivity contribution in [3.8, 4) is 0 Å². The summed E-state index contributed by atoms with van der Waals surface area (Å²) in [5.41, 5.74) is 1.13. The monoisotopic (exact) mass is 169 g/mol. The Labute approximate surface area is 69.9 Å². The second-order valence-corrected chi connectivity index (χ2v) is 4.19. The number of nitrogens with zero attached hydrogens (tertiary/aromatic N) is 1. The lowest BCUT2D eigenvalue weighted by atomic mass is 10.0. The van der Waals surface area contributed by atoms with Crippen LogP contribution in [0.1, 0.15) is 34.5 Å². The van der Waals surface area contributed by atoms with Crippen LogP contribution in [0.25, 0.3) is 0 Å². The van der Waals surface area contributed by atoms with E-state index in [-0.39, 0.29) is 6.10 Å². The molecular formula is C8H11NOS. The molecule has 0 bridgehead atoms. The van der Waals surface area contributed by atoms with Crippen molar-refractivity contribution in [2.45, 2.75) is 32.3 Å². The van der Waals surface area contributed by atoms with E-state index in [0.717, 1.165) is 34.8 Å². The molecule has 0 fully saturated rings. The van der Waals surface area contributed by atoms with Crippen molar-refractivity contribution in [3.05, 3.63) is 15.6 Å². The zero-order valence-electron chi connectivity index (χ0n) is 6.50. The van der Waals surface area contributed by atoms with Crippen LogP contribution in [0, 0.1) is 6.92 Å². The molecule has 11 heavy (non-hydrogen) atoms. The van der Waals surface area contributed by atoms with Crippen LogP contribution in [0.3, 0.4) is 0 Å². The Hall–Kier alpha value is -0.410. The number of aryl methyl sites for hydroxylation is 2. The second-order valence-electron chi connectivity index (χ2n) is 2.95. The SMILES string of the molecule is Cc1nc2c(s1)[C@H](O)CCC2. The maximum Gasteiger partial charge on any atom is 0.0901 e. The van der Waals surface area contributed by atoms with E-state index < -0.39 is 0 Å². The Morgan fingerprint density at radius 3 is 3.18 bits per heavy atom. The lowest BCUT2D eigenvalue weighted by molar-refractivity contribution is 0.160. The first kappa shape index (κ1) is 7.25. The van der Waals surface area contributed by atoms with Gasteiger partial charge in [0.25, 0.3) is 0 Å². The van der Waals surface area contributed by atoms with Gasteiger partial charge in [-0.05, 0) is 26.2 Å². The molecule has 1 aromatic rings. The third-order valence-electron chi connectivity index (χ3n) is 2.03. The predicted octanol–water partition coefficient (Wildman–Crippen LogP) is 1.82. The smallest absolute Gasteiger partial charge is 0.0901 e. The van der Waals surface area contributed by atoms with Crippen molar-refractivity contribution >= 4 is 11.3 Å². The van der Waals surface area contributed by atoms with Gasteiger partial charge in [0.1, 0.15) is 0 Å². The first-order valence-electron chi connectivity index (χ1n) is 3.91. The Kier molecular flexibility index (Phi) is 1.69. The first-order valence-corrected chi connectivity index (χ1v) is 4.73. The molecule has 0 saturated heterocycles. The van der Waals surface area contributed by atoms with Crippen molar-refractivity contribution in [2.24, 2.45) is 0 Å². The number of thiazole rings is 1. The average Bonchev–Trinajstić information content (AvgIpc) is 2.31. The largest absolute Gasteiger partial charge is 0.388 e. The number of hydrogen-bond donors (Lipinski definition) is 1. The fraction of sp³-hybridized carbons (Fsp3) is 0.625. The Morgan fingerprint density at radius 2 is 2.45 bits per heavy atom. The highest BCUT2D eigenvalue weighted by Gasteiger charge is 2.21. The van der Waals surface area contributed by atoms with Crippen molar-refractivity contribution in [1.29, 1.82) is 0 Å².